The molecule has 0 radical (unpaired) electrons. The maximum absolute atomic E-state index is 11.3. The molecule has 1 aromatic rings. The summed E-state index contributed by atoms with van der Waals surface area (Å²) in [5, 5.41) is 9.22. The minimum Gasteiger partial charge on any atom is -0.481 e. The lowest BCUT2D eigenvalue weighted by atomic mass is 9.79. The third-order valence-corrected chi connectivity index (χ3v) is 2.61. The van der Waals surface area contributed by atoms with Gasteiger partial charge < -0.3 is 9.84 Å². The molecule has 0 saturated carbocycles. The second-order valence-corrected chi connectivity index (χ2v) is 3.76. The number of benzene rings is 1. The molecule has 0 bridgehead atoms. The van der Waals surface area contributed by atoms with Crippen LogP contribution in [0.5, 0.6) is 0 Å². The fourth-order valence-corrected chi connectivity index (χ4v) is 1.47. The quantitative estimate of drug-likeness (QED) is 0.786. The van der Waals surface area contributed by atoms with Crippen molar-refractivity contribution in [2.75, 3.05) is 7.11 Å². The zero-order chi connectivity index (χ0) is 12.2. The SMILES string of the molecule is COC(=O)C[C@](C)(C(=O)O)c1ccccc1. The zero-order valence-electron chi connectivity index (χ0n) is 9.27. The van der Waals surface area contributed by atoms with E-state index in [1.165, 1.54) is 14.0 Å². The second kappa shape index (κ2) is 4.79. The van der Waals surface area contributed by atoms with E-state index in [1.807, 2.05) is 0 Å². The maximum Gasteiger partial charge on any atom is 0.314 e. The van der Waals surface area contributed by atoms with Crippen molar-refractivity contribution in [1.29, 1.82) is 0 Å². The third kappa shape index (κ3) is 2.39. The Balaban J connectivity index is 3.07. The number of ether oxygens (including phenoxy) is 1. The number of rotatable bonds is 4. The molecule has 0 aliphatic carbocycles. The Kier molecular flexibility index (Phi) is 3.66. The number of esters is 1. The van der Waals surface area contributed by atoms with E-state index >= 15 is 0 Å². The Hall–Kier alpha value is -1.84. The molecule has 1 atom stereocenters. The highest BCUT2D eigenvalue weighted by Crippen LogP contribution is 2.28. The lowest BCUT2D eigenvalue weighted by Crippen LogP contribution is -2.35. The van der Waals surface area contributed by atoms with Gasteiger partial charge in [-0.3, -0.25) is 9.59 Å². The van der Waals surface area contributed by atoms with Gasteiger partial charge in [-0.1, -0.05) is 30.3 Å². The van der Waals surface area contributed by atoms with E-state index in [9.17, 15) is 14.7 Å². The Bertz CT molecular complexity index is 385. The van der Waals surface area contributed by atoms with Gasteiger partial charge in [-0.15, -0.1) is 0 Å². The van der Waals surface area contributed by atoms with Crippen molar-refractivity contribution in [1.82, 2.24) is 0 Å². The lowest BCUT2D eigenvalue weighted by molar-refractivity contribution is -0.151. The van der Waals surface area contributed by atoms with Crippen molar-refractivity contribution in [2.45, 2.75) is 18.8 Å². The minimum absolute atomic E-state index is 0.178. The summed E-state index contributed by atoms with van der Waals surface area (Å²) >= 11 is 0. The molecule has 4 heteroatoms. The number of hydrogen-bond donors (Lipinski definition) is 1. The van der Waals surface area contributed by atoms with E-state index in [0.29, 0.717) is 5.56 Å². The van der Waals surface area contributed by atoms with Gasteiger partial charge in [-0.2, -0.15) is 0 Å². The van der Waals surface area contributed by atoms with Gasteiger partial charge in [0.15, 0.2) is 0 Å². The highest BCUT2D eigenvalue weighted by Gasteiger charge is 2.37. The average molecular weight is 222 g/mol. The van der Waals surface area contributed by atoms with Crippen LogP contribution in [0.2, 0.25) is 0 Å². The maximum atomic E-state index is 11.3. The first-order valence-corrected chi connectivity index (χ1v) is 4.86. The number of carboxylic acids is 1. The molecule has 0 aliphatic rings. The molecule has 1 aromatic carbocycles. The van der Waals surface area contributed by atoms with Crippen molar-refractivity contribution in [2.24, 2.45) is 0 Å². The summed E-state index contributed by atoms with van der Waals surface area (Å²) in [4.78, 5) is 22.5. The van der Waals surface area contributed by atoms with Crippen molar-refractivity contribution in [3.05, 3.63) is 35.9 Å². The normalized spacial score (nSPS) is 13.9. The first-order valence-electron chi connectivity index (χ1n) is 4.86. The Labute approximate surface area is 93.9 Å². The predicted octanol–water partition coefficient (Wildman–Crippen LogP) is 1.59. The van der Waals surface area contributed by atoms with Gasteiger partial charge in [0, 0.05) is 0 Å². The van der Waals surface area contributed by atoms with Gasteiger partial charge in [-0.05, 0) is 12.5 Å². The molecule has 4 nitrogen and oxygen atoms in total. The van der Waals surface area contributed by atoms with E-state index in [-0.39, 0.29) is 6.42 Å². The van der Waals surface area contributed by atoms with Crippen LogP contribution >= 0.6 is 0 Å². The van der Waals surface area contributed by atoms with Crippen LogP contribution in [0.15, 0.2) is 30.3 Å². The summed E-state index contributed by atoms with van der Waals surface area (Å²) in [5.74, 6) is -1.57. The van der Waals surface area contributed by atoms with Crippen LogP contribution in [0.1, 0.15) is 18.9 Å². The molecule has 1 N–H and O–H groups in total. The molecule has 0 aliphatic heterocycles. The largest absolute Gasteiger partial charge is 0.481 e. The predicted molar refractivity (Wildman–Crippen MR) is 58.1 cm³/mol. The number of carbonyl (C=O) groups is 2. The van der Waals surface area contributed by atoms with Crippen LogP contribution in [-0.4, -0.2) is 24.2 Å². The molecule has 0 heterocycles. The van der Waals surface area contributed by atoms with E-state index in [4.69, 9.17) is 0 Å². The minimum atomic E-state index is -1.24. The van der Waals surface area contributed by atoms with Crippen LogP contribution in [0.4, 0.5) is 0 Å². The smallest absolute Gasteiger partial charge is 0.314 e. The molecule has 0 fully saturated rings. The van der Waals surface area contributed by atoms with E-state index < -0.39 is 17.4 Å². The van der Waals surface area contributed by atoms with Gasteiger partial charge in [0.2, 0.25) is 0 Å². The fourth-order valence-electron chi connectivity index (χ4n) is 1.47. The third-order valence-electron chi connectivity index (χ3n) is 2.61. The summed E-state index contributed by atoms with van der Waals surface area (Å²) < 4.78 is 4.52. The lowest BCUT2D eigenvalue weighted by Gasteiger charge is -2.23. The van der Waals surface area contributed by atoms with Crippen molar-refractivity contribution in [3.8, 4) is 0 Å². The Morgan fingerprint density at radius 2 is 1.88 bits per heavy atom. The van der Waals surface area contributed by atoms with Crippen LogP contribution in [-0.2, 0) is 19.7 Å². The van der Waals surface area contributed by atoms with Gasteiger partial charge in [-0.25, -0.2) is 0 Å². The number of carboxylic acid groups (broad SMARTS) is 1. The van der Waals surface area contributed by atoms with Crippen molar-refractivity contribution < 1.29 is 19.4 Å². The highest BCUT2D eigenvalue weighted by molar-refractivity contribution is 5.87. The second-order valence-electron chi connectivity index (χ2n) is 3.76. The first kappa shape index (κ1) is 12.2. The summed E-state index contributed by atoms with van der Waals surface area (Å²) in [6.45, 7) is 1.52. The summed E-state index contributed by atoms with van der Waals surface area (Å²) in [7, 11) is 1.25. The van der Waals surface area contributed by atoms with Crippen LogP contribution in [0.25, 0.3) is 0 Å². The summed E-state index contributed by atoms with van der Waals surface area (Å²) in [6, 6.07) is 8.67. The zero-order valence-corrected chi connectivity index (χ0v) is 9.27. The molecular weight excluding hydrogens is 208 g/mol. The standard InChI is InChI=1S/C12H14O4/c1-12(11(14)15,8-10(13)16-2)9-6-4-3-5-7-9/h3-7H,8H2,1-2H3,(H,14,15)/t12-/m0/s1. The van der Waals surface area contributed by atoms with Crippen LogP contribution in [0, 0.1) is 0 Å². The number of aliphatic carboxylic acids is 1. The van der Waals surface area contributed by atoms with Crippen LogP contribution < -0.4 is 0 Å². The van der Waals surface area contributed by atoms with Crippen molar-refractivity contribution >= 4 is 11.9 Å². The molecule has 0 spiro atoms. The van der Waals surface area contributed by atoms with Crippen molar-refractivity contribution in [3.63, 3.8) is 0 Å². The van der Waals surface area contributed by atoms with Gasteiger partial charge in [0.25, 0.3) is 0 Å². The number of hydrogen-bond acceptors (Lipinski definition) is 3. The average Bonchev–Trinajstić information content (AvgIpc) is 2.29. The molecule has 0 amide bonds. The number of carbonyl (C=O) groups excluding carboxylic acids is 1. The van der Waals surface area contributed by atoms with E-state index in [0.717, 1.165) is 0 Å². The topological polar surface area (TPSA) is 63.6 Å². The molecule has 0 unspecified atom stereocenters. The summed E-state index contributed by atoms with van der Waals surface area (Å²) in [5.41, 5.74) is -0.651. The number of methoxy groups -OCH3 is 1. The Morgan fingerprint density at radius 1 is 1.31 bits per heavy atom. The Morgan fingerprint density at radius 3 is 2.31 bits per heavy atom. The monoisotopic (exact) mass is 222 g/mol. The molecular formula is C12H14O4. The molecule has 1 rings (SSSR count). The first-order chi connectivity index (χ1) is 7.50. The van der Waals surface area contributed by atoms with Gasteiger partial charge in [0.1, 0.15) is 5.41 Å². The van der Waals surface area contributed by atoms with Gasteiger partial charge >= 0.3 is 11.9 Å². The van der Waals surface area contributed by atoms with E-state index in [1.54, 1.807) is 30.3 Å². The van der Waals surface area contributed by atoms with Crippen LogP contribution in [0.3, 0.4) is 0 Å². The fraction of sp³-hybridized carbons (Fsp3) is 0.333. The molecule has 16 heavy (non-hydrogen) atoms. The highest BCUT2D eigenvalue weighted by atomic mass is 16.5. The summed E-state index contributed by atoms with van der Waals surface area (Å²) in [6.07, 6.45) is -0.178. The molecule has 0 saturated heterocycles. The van der Waals surface area contributed by atoms with E-state index in [2.05, 4.69) is 4.74 Å². The molecule has 0 aromatic heterocycles. The van der Waals surface area contributed by atoms with Gasteiger partial charge in [0.05, 0.1) is 13.5 Å². The molecule has 86 valence electrons.